The van der Waals surface area contributed by atoms with Gasteiger partial charge in [-0.3, -0.25) is 14.6 Å². The van der Waals surface area contributed by atoms with Gasteiger partial charge in [-0.1, -0.05) is 0 Å². The fraction of sp³-hybridized carbons (Fsp3) is 0.667. The van der Waals surface area contributed by atoms with Crippen LogP contribution in [0.25, 0.3) is 0 Å². The minimum absolute atomic E-state index is 0. The molecule has 0 saturated heterocycles. The molecule has 0 fully saturated rings. The topological polar surface area (TPSA) is 173 Å². The summed E-state index contributed by atoms with van der Waals surface area (Å²) in [4.78, 5) is 45.1. The first kappa shape index (κ1) is 34.3. The van der Waals surface area contributed by atoms with E-state index in [1.807, 2.05) is 0 Å². The Morgan fingerprint density at radius 3 is 1.38 bits per heavy atom. The molecule has 1 unspecified atom stereocenters. The van der Waals surface area contributed by atoms with Crippen LogP contribution in [-0.4, -0.2) is 84.3 Å². The van der Waals surface area contributed by atoms with Gasteiger partial charge in [0.05, 0.1) is 24.5 Å². The Morgan fingerprint density at radius 1 is 0.808 bits per heavy atom. The minimum Gasteiger partial charge on any atom is -0.549 e. The predicted octanol–water partition coefficient (Wildman–Crippen LogP) is -15.3. The Kier molecular flexibility index (Phi) is 25.2. The molecule has 0 spiro atoms. The summed E-state index contributed by atoms with van der Waals surface area (Å²) in [5.41, 5.74) is 0. The average molecular weight is 402 g/mol. The molecule has 0 radical (unpaired) electrons. The molecule has 0 aliphatic heterocycles. The number of carbonyl (C=O) groups excluding carboxylic acids is 4. The first-order chi connectivity index (χ1) is 10.6. The molecule has 0 aromatic carbocycles. The van der Waals surface area contributed by atoms with Crippen LogP contribution in [-0.2, 0) is 23.9 Å². The number of hydrogen-bond acceptors (Lipinski definition) is 11. The summed E-state index contributed by atoms with van der Waals surface area (Å²) in [6.07, 6.45) is -1.38. The van der Waals surface area contributed by atoms with Crippen LogP contribution >= 0.6 is 0 Å². The summed E-state index contributed by atoms with van der Waals surface area (Å²) in [6, 6.07) is 0. The van der Waals surface area contributed by atoms with Gasteiger partial charge in [0, 0.05) is 32.7 Å². The number of esters is 1. The van der Waals surface area contributed by atoms with E-state index in [0.29, 0.717) is 0 Å². The molecule has 1 N–H and O–H groups in total. The molecule has 0 aromatic heterocycles. The third kappa shape index (κ3) is 21.1. The van der Waals surface area contributed by atoms with Crippen LogP contribution in [0.2, 0.25) is 0 Å². The Hall–Kier alpha value is 0.760. The Balaban J connectivity index is -0.000000807. The molecule has 14 heteroatoms. The largest absolute Gasteiger partial charge is 1.00 e. The standard InChI is InChI=1S/C12H20N2O9.3Na/c1-8(15)23-12(22)7-14(6-11(20)21)3-2-13(4-9(16)17)5-10(18)19;;;/h8,15H,2-7H2,1H3,(H,16,17)(H,18,19)(H,20,21);;;/q;3*+1/p-3. The van der Waals surface area contributed by atoms with Gasteiger partial charge in [-0.25, -0.2) is 0 Å². The smallest absolute Gasteiger partial charge is 0.549 e. The number of hydrogen-bond donors (Lipinski definition) is 1. The molecule has 0 amide bonds. The van der Waals surface area contributed by atoms with Crippen molar-refractivity contribution in [2.75, 3.05) is 39.3 Å². The van der Waals surface area contributed by atoms with Gasteiger partial charge in [-0.05, 0) is 6.92 Å². The maximum Gasteiger partial charge on any atom is 1.00 e. The van der Waals surface area contributed by atoms with Crippen LogP contribution in [0.15, 0.2) is 0 Å². The monoisotopic (exact) mass is 402 g/mol. The molecule has 132 valence electrons. The summed E-state index contributed by atoms with van der Waals surface area (Å²) < 4.78 is 4.44. The minimum atomic E-state index is -1.52. The van der Waals surface area contributed by atoms with E-state index in [1.165, 1.54) is 6.92 Å². The second kappa shape index (κ2) is 19.1. The quantitative estimate of drug-likeness (QED) is 0.186. The fourth-order valence-electron chi connectivity index (χ4n) is 1.67. The van der Waals surface area contributed by atoms with Crippen molar-refractivity contribution in [2.45, 2.75) is 13.2 Å². The van der Waals surface area contributed by atoms with Crippen molar-refractivity contribution in [3.63, 3.8) is 0 Å². The molecule has 0 aliphatic carbocycles. The van der Waals surface area contributed by atoms with Gasteiger partial charge in [-0.15, -0.1) is 0 Å². The molecule has 0 bridgehead atoms. The van der Waals surface area contributed by atoms with Crippen molar-refractivity contribution in [1.29, 1.82) is 0 Å². The zero-order chi connectivity index (χ0) is 18.0. The van der Waals surface area contributed by atoms with E-state index in [4.69, 9.17) is 5.11 Å². The molecule has 0 aliphatic rings. The molecule has 0 saturated carbocycles. The van der Waals surface area contributed by atoms with Crippen LogP contribution < -0.4 is 104 Å². The Bertz CT molecular complexity index is 436. The normalized spacial score (nSPS) is 10.8. The fourth-order valence-corrected chi connectivity index (χ4v) is 1.67. The van der Waals surface area contributed by atoms with Crippen molar-refractivity contribution in [1.82, 2.24) is 9.80 Å². The second-order valence-corrected chi connectivity index (χ2v) is 4.63. The molecule has 11 nitrogen and oxygen atoms in total. The average Bonchev–Trinajstić information content (AvgIpc) is 2.32. The molecule has 1 atom stereocenters. The molecule has 0 aromatic rings. The SMILES string of the molecule is CC(O)OC(=O)CN(CCN(CC(=O)[O-])CC(=O)[O-])CC(=O)[O-].[Na+].[Na+].[Na+]. The van der Waals surface area contributed by atoms with Crippen molar-refractivity contribution < 1.29 is 133 Å². The summed E-state index contributed by atoms with van der Waals surface area (Å²) >= 11 is 0. The van der Waals surface area contributed by atoms with E-state index in [-0.39, 0.29) is 102 Å². The maximum atomic E-state index is 11.4. The number of carbonyl (C=O) groups is 4. The summed E-state index contributed by atoms with van der Waals surface area (Å²) in [7, 11) is 0. The van der Waals surface area contributed by atoms with Crippen molar-refractivity contribution >= 4 is 23.9 Å². The number of carboxylic acid groups (broad SMARTS) is 3. The second-order valence-electron chi connectivity index (χ2n) is 4.63. The van der Waals surface area contributed by atoms with E-state index in [9.17, 15) is 34.5 Å². The van der Waals surface area contributed by atoms with Crippen LogP contribution in [0.3, 0.4) is 0 Å². The van der Waals surface area contributed by atoms with Gasteiger partial charge in [0.15, 0.2) is 6.29 Å². The van der Waals surface area contributed by atoms with Crippen LogP contribution in [0.1, 0.15) is 6.92 Å². The van der Waals surface area contributed by atoms with E-state index in [2.05, 4.69) is 4.74 Å². The summed E-state index contributed by atoms with van der Waals surface area (Å²) in [5, 5.41) is 40.6. The van der Waals surface area contributed by atoms with Gasteiger partial charge in [0.1, 0.15) is 0 Å². The third-order valence-electron chi connectivity index (χ3n) is 2.45. The molecular weight excluding hydrogens is 385 g/mol. The van der Waals surface area contributed by atoms with Gasteiger partial charge in [-0.2, -0.15) is 0 Å². The zero-order valence-corrected chi connectivity index (χ0v) is 21.4. The number of carboxylic acids is 3. The van der Waals surface area contributed by atoms with E-state index >= 15 is 0 Å². The number of aliphatic carboxylic acids is 3. The first-order valence-corrected chi connectivity index (χ1v) is 6.52. The van der Waals surface area contributed by atoms with Crippen molar-refractivity contribution in [2.24, 2.45) is 0 Å². The van der Waals surface area contributed by atoms with Crippen LogP contribution in [0, 0.1) is 0 Å². The van der Waals surface area contributed by atoms with E-state index < -0.39 is 56.3 Å². The van der Waals surface area contributed by atoms with Crippen molar-refractivity contribution in [3.05, 3.63) is 0 Å². The van der Waals surface area contributed by atoms with Gasteiger partial charge in [0.2, 0.25) is 0 Å². The molecule has 0 heterocycles. The third-order valence-corrected chi connectivity index (χ3v) is 2.45. The molecular formula is C12H17N2Na3O9. The maximum absolute atomic E-state index is 11.4. The van der Waals surface area contributed by atoms with Crippen LogP contribution in [0.5, 0.6) is 0 Å². The summed E-state index contributed by atoms with van der Waals surface area (Å²) in [5.74, 6) is -5.45. The van der Waals surface area contributed by atoms with Crippen LogP contribution in [0.4, 0.5) is 0 Å². The number of aliphatic hydroxyl groups excluding tert-OH is 1. The van der Waals surface area contributed by atoms with Gasteiger partial charge in [0.25, 0.3) is 0 Å². The summed E-state index contributed by atoms with van der Waals surface area (Å²) in [6.45, 7) is -1.75. The van der Waals surface area contributed by atoms with E-state index in [1.54, 1.807) is 0 Å². The number of ether oxygens (including phenoxy) is 1. The Labute approximate surface area is 216 Å². The zero-order valence-electron chi connectivity index (χ0n) is 15.4. The predicted molar refractivity (Wildman–Crippen MR) is 65.7 cm³/mol. The van der Waals surface area contributed by atoms with Gasteiger partial charge >= 0.3 is 94.6 Å². The van der Waals surface area contributed by atoms with Crippen molar-refractivity contribution in [3.8, 4) is 0 Å². The first-order valence-electron chi connectivity index (χ1n) is 6.52. The number of aliphatic hydroxyl groups is 1. The Morgan fingerprint density at radius 2 is 1.12 bits per heavy atom. The van der Waals surface area contributed by atoms with E-state index in [0.717, 1.165) is 9.80 Å². The molecule has 26 heavy (non-hydrogen) atoms. The van der Waals surface area contributed by atoms with Gasteiger partial charge < -0.3 is 39.5 Å². The number of rotatable bonds is 12. The molecule has 0 rings (SSSR count). The number of nitrogens with zero attached hydrogens (tertiary/aromatic N) is 2.